The standard InChI is InChI=1S/C17H11N6OS.C2H4O2.Na/c24-16-15(25-17(20-16)19-13-4-2-1-3-5-13)10-12-6-8-14(9-7-12)23-11-18-21-22-23;1-2(3)4;/h2-11H,(H,19,20,24);1H3,(H,3,4);/q-1;;+1/b15-10-;;. The minimum absolute atomic E-state index is 0. The molecule has 0 atom stereocenters. The Morgan fingerprint density at radius 2 is 1.90 bits per heavy atom. The van der Waals surface area contributed by atoms with E-state index in [1.807, 2.05) is 42.5 Å². The first-order valence-corrected chi connectivity index (χ1v) is 9.11. The maximum absolute atomic E-state index is 12.1. The molecule has 0 spiro atoms. The molecule has 2 aromatic carbocycles. The number of aromatic nitrogens is 4. The van der Waals surface area contributed by atoms with Crippen LogP contribution in [0.25, 0.3) is 11.8 Å². The van der Waals surface area contributed by atoms with Crippen molar-refractivity contribution < 1.29 is 44.3 Å². The number of carboxylic acids is 1. The second kappa shape index (κ2) is 11.4. The molecule has 2 N–H and O–H groups in total. The molecular weight excluding hydrogens is 415 g/mol. The summed E-state index contributed by atoms with van der Waals surface area (Å²) >= 11 is 1.31. The van der Waals surface area contributed by atoms with Crippen molar-refractivity contribution in [3.63, 3.8) is 0 Å². The zero-order valence-corrected chi connectivity index (χ0v) is 19.0. The third-order valence-corrected chi connectivity index (χ3v) is 4.30. The molecule has 30 heavy (non-hydrogen) atoms. The maximum atomic E-state index is 12.1. The van der Waals surface area contributed by atoms with Crippen LogP contribution < -0.4 is 34.9 Å². The number of benzene rings is 2. The summed E-state index contributed by atoms with van der Waals surface area (Å²) in [7, 11) is 0. The molecule has 1 fully saturated rings. The van der Waals surface area contributed by atoms with Crippen LogP contribution in [0.1, 0.15) is 12.5 Å². The molecule has 1 aliphatic rings. The third kappa shape index (κ3) is 6.92. The Kier molecular flexibility index (Phi) is 8.93. The molecule has 1 aliphatic heterocycles. The minimum Gasteiger partial charge on any atom is -0.481 e. The van der Waals surface area contributed by atoms with Gasteiger partial charge in [0.15, 0.2) is 5.17 Å². The summed E-state index contributed by atoms with van der Waals surface area (Å²) < 4.78 is 1.57. The van der Waals surface area contributed by atoms with Crippen LogP contribution in [0.15, 0.2) is 64.8 Å². The Morgan fingerprint density at radius 1 is 1.23 bits per heavy atom. The number of amides is 1. The van der Waals surface area contributed by atoms with Gasteiger partial charge in [-0.25, -0.2) is 4.68 Å². The van der Waals surface area contributed by atoms with Crippen molar-refractivity contribution in [2.24, 2.45) is 4.99 Å². The maximum Gasteiger partial charge on any atom is 1.00 e. The fourth-order valence-corrected chi connectivity index (χ4v) is 3.05. The van der Waals surface area contributed by atoms with Crippen LogP contribution in [0, 0.1) is 6.07 Å². The number of carbonyl (C=O) groups is 2. The Morgan fingerprint density at radius 3 is 2.50 bits per heavy atom. The predicted molar refractivity (Wildman–Crippen MR) is 109 cm³/mol. The quantitative estimate of drug-likeness (QED) is 0.325. The van der Waals surface area contributed by atoms with Gasteiger partial charge in [-0.2, -0.15) is 18.2 Å². The van der Waals surface area contributed by atoms with Crippen LogP contribution in [0.5, 0.6) is 0 Å². The van der Waals surface area contributed by atoms with E-state index < -0.39 is 5.97 Å². The first-order chi connectivity index (χ1) is 14.0. The second-order valence-electron chi connectivity index (χ2n) is 5.60. The van der Waals surface area contributed by atoms with E-state index in [9.17, 15) is 4.79 Å². The molecular formula is C19H15N6NaO3S. The van der Waals surface area contributed by atoms with E-state index in [2.05, 4.69) is 31.9 Å². The number of nitrogens with zero attached hydrogens (tertiary/aromatic N) is 5. The van der Waals surface area contributed by atoms with E-state index in [4.69, 9.17) is 9.90 Å². The Labute approximate surface area is 198 Å². The minimum atomic E-state index is -0.833. The number of rotatable bonds is 3. The van der Waals surface area contributed by atoms with E-state index in [1.54, 1.807) is 16.8 Å². The molecule has 1 aromatic heterocycles. The molecule has 0 radical (unpaired) electrons. The summed E-state index contributed by atoms with van der Waals surface area (Å²) in [6.07, 6.45) is 3.35. The van der Waals surface area contributed by atoms with Crippen LogP contribution in [0.4, 0.5) is 5.69 Å². The van der Waals surface area contributed by atoms with Gasteiger partial charge in [-0.1, -0.05) is 12.1 Å². The van der Waals surface area contributed by atoms with E-state index in [1.165, 1.54) is 18.1 Å². The molecule has 0 aliphatic carbocycles. The summed E-state index contributed by atoms with van der Waals surface area (Å²) in [4.78, 5) is 26.1. The summed E-state index contributed by atoms with van der Waals surface area (Å²) in [5.41, 5.74) is 2.53. The van der Waals surface area contributed by atoms with E-state index in [0.717, 1.165) is 23.9 Å². The van der Waals surface area contributed by atoms with Crippen molar-refractivity contribution in [3.05, 3.63) is 71.4 Å². The molecule has 0 unspecified atom stereocenters. The number of carboxylic acid groups (broad SMARTS) is 1. The zero-order valence-electron chi connectivity index (χ0n) is 16.2. The third-order valence-electron chi connectivity index (χ3n) is 3.39. The van der Waals surface area contributed by atoms with Gasteiger partial charge in [0, 0.05) is 6.92 Å². The van der Waals surface area contributed by atoms with Crippen LogP contribution in [-0.4, -0.2) is 42.4 Å². The average Bonchev–Trinajstić information content (AvgIpc) is 3.33. The number of nitrogens with one attached hydrogen (secondary N) is 1. The predicted octanol–water partition coefficient (Wildman–Crippen LogP) is -0.551. The molecule has 3 aromatic rings. The summed E-state index contributed by atoms with van der Waals surface area (Å²) in [5, 5.41) is 21.8. The molecule has 1 amide bonds. The van der Waals surface area contributed by atoms with Crippen LogP contribution in [-0.2, 0) is 9.59 Å². The molecule has 11 heteroatoms. The van der Waals surface area contributed by atoms with Gasteiger partial charge in [-0.3, -0.25) is 14.6 Å². The van der Waals surface area contributed by atoms with Crippen molar-refractivity contribution in [1.29, 1.82) is 0 Å². The summed E-state index contributed by atoms with van der Waals surface area (Å²) in [6, 6.07) is 17.7. The fraction of sp³-hybridized carbons (Fsp3) is 0.0526. The van der Waals surface area contributed by atoms with Gasteiger partial charge in [0.05, 0.1) is 10.6 Å². The normalized spacial score (nSPS) is 15.2. The monoisotopic (exact) mass is 430 g/mol. The van der Waals surface area contributed by atoms with Crippen molar-refractivity contribution >= 4 is 40.6 Å². The molecule has 0 bridgehead atoms. The Bertz CT molecular complexity index is 1050. The Balaban J connectivity index is 0.000000591. The van der Waals surface area contributed by atoms with E-state index >= 15 is 0 Å². The van der Waals surface area contributed by atoms with E-state index in [-0.39, 0.29) is 35.5 Å². The number of carbonyl (C=O) groups excluding carboxylic acids is 1. The van der Waals surface area contributed by atoms with Crippen molar-refractivity contribution in [1.82, 2.24) is 25.5 Å². The van der Waals surface area contributed by atoms with Crippen LogP contribution >= 0.6 is 11.8 Å². The van der Waals surface area contributed by atoms with Crippen LogP contribution in [0.3, 0.4) is 0 Å². The number of hydrogen-bond acceptors (Lipinski definition) is 7. The first-order valence-electron chi connectivity index (χ1n) is 8.30. The van der Waals surface area contributed by atoms with Crippen molar-refractivity contribution in [2.45, 2.75) is 6.92 Å². The SMILES string of the molecule is CC(=O)O.O=C1NC(=Nc2cc[c-]cc2)S/C1=C\c1ccc(-n2cnnn2)cc1.[Na+]. The number of amidine groups is 1. The van der Waals surface area contributed by atoms with Gasteiger partial charge < -0.3 is 10.4 Å². The van der Waals surface area contributed by atoms with Crippen molar-refractivity contribution in [2.75, 3.05) is 0 Å². The number of aliphatic carboxylic acids is 1. The summed E-state index contributed by atoms with van der Waals surface area (Å²) in [6.45, 7) is 1.08. The number of tetrazole rings is 1. The second-order valence-corrected chi connectivity index (χ2v) is 6.64. The topological polar surface area (TPSA) is 122 Å². The summed E-state index contributed by atoms with van der Waals surface area (Å²) in [5.74, 6) is -0.990. The van der Waals surface area contributed by atoms with Gasteiger partial charge in [0.25, 0.3) is 11.9 Å². The molecule has 2 heterocycles. The Hall–Kier alpha value is -2.79. The van der Waals surface area contributed by atoms with Gasteiger partial charge >= 0.3 is 29.6 Å². The first kappa shape index (κ1) is 23.5. The van der Waals surface area contributed by atoms with Crippen LogP contribution in [0.2, 0.25) is 0 Å². The van der Waals surface area contributed by atoms with Gasteiger partial charge in [-0.15, -0.1) is 17.2 Å². The van der Waals surface area contributed by atoms with E-state index in [0.29, 0.717) is 10.1 Å². The molecule has 9 nitrogen and oxygen atoms in total. The molecule has 4 rings (SSSR count). The smallest absolute Gasteiger partial charge is 0.481 e. The number of hydrogen-bond donors (Lipinski definition) is 2. The average molecular weight is 430 g/mol. The fourth-order valence-electron chi connectivity index (χ4n) is 2.20. The number of aliphatic imine (C=N–C) groups is 1. The van der Waals surface area contributed by atoms with Gasteiger partial charge in [0.1, 0.15) is 6.33 Å². The molecule has 146 valence electrons. The van der Waals surface area contributed by atoms with Gasteiger partial charge in [-0.05, 0) is 51.6 Å². The number of thioether (sulfide) groups is 1. The molecule has 1 saturated heterocycles. The molecule has 0 saturated carbocycles. The van der Waals surface area contributed by atoms with Gasteiger partial charge in [0.2, 0.25) is 0 Å². The zero-order chi connectivity index (χ0) is 20.6. The largest absolute Gasteiger partial charge is 1.00 e. The van der Waals surface area contributed by atoms with Crippen molar-refractivity contribution in [3.8, 4) is 5.69 Å².